The molecule has 206 valence electrons. The van der Waals surface area contributed by atoms with Gasteiger partial charge in [-0.05, 0) is 26.2 Å². The highest BCUT2D eigenvalue weighted by molar-refractivity contribution is 7.93. The highest BCUT2D eigenvalue weighted by Crippen LogP contribution is 2.31. The number of amides is 1. The molecule has 3 fully saturated rings. The molecule has 15 heteroatoms. The van der Waals surface area contributed by atoms with Crippen molar-refractivity contribution in [2.75, 3.05) is 31.0 Å². The van der Waals surface area contributed by atoms with Crippen molar-refractivity contribution in [3.63, 3.8) is 0 Å². The minimum Gasteiger partial charge on any atom is -0.477 e. The maximum atomic E-state index is 13.4. The van der Waals surface area contributed by atoms with Crippen LogP contribution in [0.3, 0.4) is 0 Å². The third-order valence-corrected chi connectivity index (χ3v) is 9.67. The third kappa shape index (κ3) is 5.85. The quantitative estimate of drug-likeness (QED) is 0.344. The van der Waals surface area contributed by atoms with Gasteiger partial charge >= 0.3 is 0 Å². The number of nitrogens with zero attached hydrogens (tertiary/aromatic N) is 6. The molecule has 3 aliphatic rings. The Morgan fingerprint density at radius 2 is 2.05 bits per heavy atom. The Labute approximate surface area is 229 Å². The van der Waals surface area contributed by atoms with Crippen LogP contribution in [-0.4, -0.2) is 87.8 Å². The van der Waals surface area contributed by atoms with Crippen LogP contribution in [0, 0.1) is 0 Å². The monoisotopic (exact) mass is 572 g/mol. The van der Waals surface area contributed by atoms with Crippen LogP contribution >= 0.6 is 11.3 Å². The number of nitrogens with one attached hydrogen (secondary N) is 2. The first-order valence-corrected chi connectivity index (χ1v) is 15.2. The van der Waals surface area contributed by atoms with Crippen molar-refractivity contribution in [2.45, 2.75) is 49.6 Å². The van der Waals surface area contributed by atoms with E-state index in [0.717, 1.165) is 13.0 Å². The average Bonchev–Trinajstić information content (AvgIpc) is 3.34. The van der Waals surface area contributed by atoms with Crippen molar-refractivity contribution in [3.8, 4) is 16.5 Å². The smallest absolute Gasteiger partial charge is 0.280 e. The van der Waals surface area contributed by atoms with Gasteiger partial charge in [0.05, 0.1) is 66.0 Å². The molecule has 0 unspecified atom stereocenters. The lowest BCUT2D eigenvalue weighted by atomic mass is 10.1. The summed E-state index contributed by atoms with van der Waals surface area (Å²) >= 11 is 1.19. The van der Waals surface area contributed by atoms with E-state index >= 15 is 0 Å². The summed E-state index contributed by atoms with van der Waals surface area (Å²) in [6.45, 7) is 4.21. The van der Waals surface area contributed by atoms with E-state index in [1.165, 1.54) is 23.7 Å². The number of aromatic nitrogens is 5. The number of hydrogen-bond donors (Lipinski definition) is 2. The number of thiazole rings is 1. The van der Waals surface area contributed by atoms with Crippen molar-refractivity contribution in [1.29, 1.82) is 0 Å². The fourth-order valence-corrected chi connectivity index (χ4v) is 6.84. The van der Waals surface area contributed by atoms with E-state index in [0.29, 0.717) is 54.7 Å². The second-order valence-electron chi connectivity index (χ2n) is 9.71. The van der Waals surface area contributed by atoms with Crippen LogP contribution in [0.4, 0.5) is 5.82 Å². The van der Waals surface area contributed by atoms with Crippen LogP contribution < -0.4 is 14.8 Å². The molecule has 1 aliphatic carbocycles. The summed E-state index contributed by atoms with van der Waals surface area (Å²) in [7, 11) is -3.50. The summed E-state index contributed by atoms with van der Waals surface area (Å²) in [4.78, 5) is 37.9. The zero-order chi connectivity index (χ0) is 27.0. The first-order valence-electron chi connectivity index (χ1n) is 12.8. The van der Waals surface area contributed by atoms with Crippen LogP contribution in [0.1, 0.15) is 47.7 Å². The fraction of sp³-hybridized carbons (Fsp3) is 0.500. The standard InChI is InChI=1S/C24H28N8O5S2/c1-2-36-22-10-26-7-18(29-22)20-8-27-24(38-20)23(33)30-19(12-32-11-15-5-14(32)13-37-15)17-6-25-9-21(28-17)31-39(34,35)16-3-4-16/h6-10,14-16,19H,2-5,11-13H2,1H3,(H,28,31)(H,30,33)/t14-,15-,19-/m1/s1. The van der Waals surface area contributed by atoms with Crippen LogP contribution in [0.2, 0.25) is 0 Å². The molecule has 3 aromatic rings. The van der Waals surface area contributed by atoms with Gasteiger partial charge in [0.1, 0.15) is 5.69 Å². The van der Waals surface area contributed by atoms with Gasteiger partial charge in [-0.2, -0.15) is 0 Å². The van der Waals surface area contributed by atoms with Crippen LogP contribution in [0.15, 0.2) is 31.0 Å². The second kappa shape index (κ2) is 10.7. The van der Waals surface area contributed by atoms with Crippen molar-refractivity contribution < 1.29 is 22.7 Å². The average molecular weight is 573 g/mol. The molecule has 1 amide bonds. The fourth-order valence-electron chi connectivity index (χ4n) is 4.76. The molecular weight excluding hydrogens is 544 g/mol. The van der Waals surface area contributed by atoms with E-state index in [4.69, 9.17) is 9.47 Å². The maximum absolute atomic E-state index is 13.4. The molecule has 2 N–H and O–H groups in total. The van der Waals surface area contributed by atoms with Gasteiger partial charge in [0.15, 0.2) is 10.8 Å². The van der Waals surface area contributed by atoms with E-state index < -0.39 is 21.3 Å². The Bertz CT molecular complexity index is 1460. The van der Waals surface area contributed by atoms with E-state index in [2.05, 4.69) is 39.9 Å². The molecule has 0 spiro atoms. The van der Waals surface area contributed by atoms with Crippen molar-refractivity contribution >= 4 is 33.1 Å². The summed E-state index contributed by atoms with van der Waals surface area (Å²) < 4.78 is 38.6. The number of carbonyl (C=O) groups excluding carboxylic acids is 1. The second-order valence-corrected chi connectivity index (χ2v) is 12.7. The summed E-state index contributed by atoms with van der Waals surface area (Å²) in [5.74, 6) is 0.153. The third-order valence-electron chi connectivity index (χ3n) is 6.81. The molecule has 39 heavy (non-hydrogen) atoms. The minimum absolute atomic E-state index is 0.134. The lowest BCUT2D eigenvalue weighted by Crippen LogP contribution is -2.44. The number of fused-ring (bicyclic) bond motifs is 2. The molecule has 3 aromatic heterocycles. The lowest BCUT2D eigenvalue weighted by molar-refractivity contribution is 0.0265. The van der Waals surface area contributed by atoms with Crippen molar-refractivity contribution in [1.82, 2.24) is 35.1 Å². The van der Waals surface area contributed by atoms with Gasteiger partial charge in [-0.25, -0.2) is 23.4 Å². The number of carbonyl (C=O) groups is 1. The molecular formula is C24H28N8O5S2. The van der Waals surface area contributed by atoms with E-state index in [1.807, 2.05) is 6.92 Å². The summed E-state index contributed by atoms with van der Waals surface area (Å²) in [6, 6.07) is -0.287. The SMILES string of the molecule is CCOc1cncc(-c2cnc(C(=O)N[C@H](CN3C[C@H]4C[C@@H]3CO4)c3cncc(NS(=O)(=O)C4CC4)n3)s2)n1. The van der Waals surface area contributed by atoms with E-state index in [-0.39, 0.29) is 28.9 Å². The Morgan fingerprint density at radius 3 is 2.79 bits per heavy atom. The van der Waals surface area contributed by atoms with E-state index in [9.17, 15) is 13.2 Å². The minimum atomic E-state index is -3.50. The number of likely N-dealkylation sites (tertiary alicyclic amines) is 1. The molecule has 1 saturated carbocycles. The van der Waals surface area contributed by atoms with Crippen LogP contribution in [0.25, 0.3) is 10.6 Å². The molecule has 2 aliphatic heterocycles. The Balaban J connectivity index is 1.22. The Morgan fingerprint density at radius 1 is 1.21 bits per heavy atom. The van der Waals surface area contributed by atoms with Gasteiger partial charge in [-0.1, -0.05) is 0 Å². The van der Waals surface area contributed by atoms with E-state index in [1.54, 1.807) is 18.6 Å². The van der Waals surface area contributed by atoms with Gasteiger partial charge in [0, 0.05) is 25.3 Å². The Kier molecular flexibility index (Phi) is 7.14. The highest BCUT2D eigenvalue weighted by atomic mass is 32.2. The van der Waals surface area contributed by atoms with Gasteiger partial charge < -0.3 is 14.8 Å². The molecule has 0 radical (unpaired) electrons. The predicted molar refractivity (Wildman–Crippen MR) is 142 cm³/mol. The zero-order valence-corrected chi connectivity index (χ0v) is 22.8. The van der Waals surface area contributed by atoms with Crippen molar-refractivity contribution in [3.05, 3.63) is 41.7 Å². The normalized spacial score (nSPS) is 21.6. The van der Waals surface area contributed by atoms with Gasteiger partial charge in [0.25, 0.3) is 5.91 Å². The Hall–Kier alpha value is -3.27. The molecule has 2 saturated heterocycles. The number of anilines is 1. The van der Waals surface area contributed by atoms with Gasteiger partial charge in [0.2, 0.25) is 15.9 Å². The van der Waals surface area contributed by atoms with Gasteiger partial charge in [-0.15, -0.1) is 11.3 Å². The maximum Gasteiger partial charge on any atom is 0.280 e. The molecule has 5 heterocycles. The molecule has 13 nitrogen and oxygen atoms in total. The summed E-state index contributed by atoms with van der Waals surface area (Å²) in [6.07, 6.45) is 10.0. The number of sulfonamides is 1. The zero-order valence-electron chi connectivity index (χ0n) is 21.2. The van der Waals surface area contributed by atoms with Crippen LogP contribution in [0.5, 0.6) is 5.88 Å². The summed E-state index contributed by atoms with van der Waals surface area (Å²) in [5, 5.41) is 2.90. The number of morpholine rings is 1. The van der Waals surface area contributed by atoms with Gasteiger partial charge in [-0.3, -0.25) is 24.4 Å². The number of ether oxygens (including phenoxy) is 2. The molecule has 0 aromatic carbocycles. The van der Waals surface area contributed by atoms with Crippen LogP contribution in [-0.2, 0) is 14.8 Å². The molecule has 2 bridgehead atoms. The van der Waals surface area contributed by atoms with Crippen molar-refractivity contribution in [2.24, 2.45) is 0 Å². The largest absolute Gasteiger partial charge is 0.477 e. The summed E-state index contributed by atoms with van der Waals surface area (Å²) in [5.41, 5.74) is 1.01. The first-order chi connectivity index (χ1) is 18.9. The first kappa shape index (κ1) is 26.0. The molecule has 6 rings (SSSR count). The number of rotatable bonds is 11. The lowest BCUT2D eigenvalue weighted by Gasteiger charge is -2.30. The topological polar surface area (TPSA) is 161 Å². The molecule has 3 atom stereocenters. The highest BCUT2D eigenvalue weighted by Gasteiger charge is 2.40. The number of hydrogen-bond acceptors (Lipinski definition) is 12. The predicted octanol–water partition coefficient (Wildman–Crippen LogP) is 1.64.